The van der Waals surface area contributed by atoms with Crippen molar-refractivity contribution in [2.24, 2.45) is 0 Å². The predicted octanol–water partition coefficient (Wildman–Crippen LogP) is 1.51. The Morgan fingerprint density at radius 1 is 1.50 bits per heavy atom. The van der Waals surface area contributed by atoms with E-state index in [-0.39, 0.29) is 24.0 Å². The van der Waals surface area contributed by atoms with Crippen LogP contribution in [0.1, 0.15) is 37.5 Å². The fourth-order valence-corrected chi connectivity index (χ4v) is 1.86. The molecule has 1 aromatic carbocycles. The van der Waals surface area contributed by atoms with E-state index in [0.29, 0.717) is 17.7 Å². The van der Waals surface area contributed by atoms with E-state index in [0.717, 1.165) is 5.56 Å². The van der Waals surface area contributed by atoms with E-state index in [1.54, 1.807) is 6.07 Å². The Bertz CT molecular complexity index is 513. The van der Waals surface area contributed by atoms with Crippen LogP contribution in [0.25, 0.3) is 0 Å². The molecule has 6 heteroatoms. The first-order chi connectivity index (χ1) is 9.40. The Balaban J connectivity index is 0.000000347. The van der Waals surface area contributed by atoms with Gasteiger partial charge in [0.15, 0.2) is 0 Å². The molecule has 1 atom stereocenters. The highest BCUT2D eigenvalue weighted by molar-refractivity contribution is 6.01. The van der Waals surface area contributed by atoms with Gasteiger partial charge in [0.25, 0.3) is 0 Å². The molecule has 0 saturated carbocycles. The summed E-state index contributed by atoms with van der Waals surface area (Å²) in [5, 5.41) is 21.9. The minimum atomic E-state index is -0.577. The van der Waals surface area contributed by atoms with Crippen LogP contribution < -0.4 is 5.32 Å². The number of anilines is 1. The number of aliphatic hydroxyl groups excluding tert-OH is 1. The first kappa shape index (κ1) is 16.0. The summed E-state index contributed by atoms with van der Waals surface area (Å²) in [7, 11) is 1.35. The lowest BCUT2D eigenvalue weighted by Crippen LogP contribution is -2.04. The number of phenols is 1. The first-order valence-electron chi connectivity index (χ1n) is 6.27. The van der Waals surface area contributed by atoms with E-state index in [4.69, 9.17) is 0 Å². The average molecular weight is 281 g/mol. The molecular formula is C14H19NO5. The van der Waals surface area contributed by atoms with Crippen molar-refractivity contribution in [3.05, 3.63) is 23.3 Å². The molecule has 0 radical (unpaired) electrons. The van der Waals surface area contributed by atoms with Crippen LogP contribution in [-0.4, -0.2) is 29.2 Å². The number of carbonyl (C=O) groups is 2. The summed E-state index contributed by atoms with van der Waals surface area (Å²) >= 11 is 0. The Labute approximate surface area is 117 Å². The Kier molecular flexibility index (Phi) is 5.52. The molecule has 0 saturated heterocycles. The molecule has 6 nitrogen and oxygen atoms in total. The van der Waals surface area contributed by atoms with Crippen LogP contribution in [-0.2, 0) is 20.7 Å². The number of aliphatic hydroxyl groups is 1. The van der Waals surface area contributed by atoms with Crippen molar-refractivity contribution in [1.29, 1.82) is 0 Å². The van der Waals surface area contributed by atoms with Crippen molar-refractivity contribution in [3.8, 4) is 5.75 Å². The number of amides is 1. The van der Waals surface area contributed by atoms with E-state index < -0.39 is 6.10 Å². The van der Waals surface area contributed by atoms with Crippen LogP contribution in [0.3, 0.4) is 0 Å². The number of carbonyl (C=O) groups excluding carboxylic acids is 2. The average Bonchev–Trinajstić information content (AvgIpc) is 2.81. The second kappa shape index (κ2) is 6.91. The molecule has 0 fully saturated rings. The molecule has 1 heterocycles. The predicted molar refractivity (Wildman–Crippen MR) is 73.4 cm³/mol. The third kappa shape index (κ3) is 3.71. The normalized spacial score (nSPS) is 13.7. The number of esters is 1. The van der Waals surface area contributed by atoms with Gasteiger partial charge in [-0.1, -0.05) is 13.0 Å². The highest BCUT2D eigenvalue weighted by atomic mass is 16.5. The third-order valence-electron chi connectivity index (χ3n) is 2.96. The van der Waals surface area contributed by atoms with Gasteiger partial charge in [0, 0.05) is 6.92 Å². The van der Waals surface area contributed by atoms with Crippen LogP contribution in [0.2, 0.25) is 0 Å². The van der Waals surface area contributed by atoms with Crippen molar-refractivity contribution < 1.29 is 24.5 Å². The molecule has 0 aliphatic carbocycles. The minimum Gasteiger partial charge on any atom is -0.506 e. The van der Waals surface area contributed by atoms with Gasteiger partial charge in [-0.2, -0.15) is 0 Å². The zero-order valence-corrected chi connectivity index (χ0v) is 11.8. The van der Waals surface area contributed by atoms with Gasteiger partial charge >= 0.3 is 5.97 Å². The third-order valence-corrected chi connectivity index (χ3v) is 2.96. The maximum Gasteiger partial charge on any atom is 0.302 e. The van der Waals surface area contributed by atoms with E-state index in [2.05, 4.69) is 10.1 Å². The number of nitrogens with one attached hydrogen (secondary N) is 1. The van der Waals surface area contributed by atoms with Crippen LogP contribution in [0.4, 0.5) is 5.69 Å². The zero-order valence-electron chi connectivity index (χ0n) is 11.8. The molecule has 1 amide bonds. The number of methoxy groups -OCH3 is 1. The van der Waals surface area contributed by atoms with Crippen molar-refractivity contribution >= 4 is 17.6 Å². The maximum absolute atomic E-state index is 11.2. The summed E-state index contributed by atoms with van der Waals surface area (Å²) in [6.45, 7) is 3.23. The molecule has 1 aromatic rings. The topological polar surface area (TPSA) is 95.9 Å². The van der Waals surface area contributed by atoms with Crippen LogP contribution >= 0.6 is 0 Å². The standard InChI is InChI=1S/C11H13NO3.C3H6O2/c1-2-8(13)6-3-4-9(14)11-7(6)5-10(15)12-11;1-3(4)5-2/h3-4,8,13-14H,2,5H2,1H3,(H,12,15);1-2H3/t8-;/m0./s1. The molecule has 0 bridgehead atoms. The molecule has 1 aliphatic rings. The van der Waals surface area contributed by atoms with Gasteiger partial charge in [0.2, 0.25) is 5.91 Å². The van der Waals surface area contributed by atoms with E-state index in [9.17, 15) is 19.8 Å². The van der Waals surface area contributed by atoms with Gasteiger partial charge in [0.05, 0.1) is 25.3 Å². The van der Waals surface area contributed by atoms with Gasteiger partial charge in [-0.3, -0.25) is 9.59 Å². The molecule has 110 valence electrons. The van der Waals surface area contributed by atoms with Gasteiger partial charge in [0.1, 0.15) is 5.75 Å². The zero-order chi connectivity index (χ0) is 15.3. The summed E-state index contributed by atoms with van der Waals surface area (Å²) in [4.78, 5) is 20.8. The second-order valence-electron chi connectivity index (χ2n) is 4.37. The lowest BCUT2D eigenvalue weighted by Gasteiger charge is -2.13. The number of phenolic OH excluding ortho intramolecular Hbond substituents is 1. The van der Waals surface area contributed by atoms with Crippen molar-refractivity contribution in [2.75, 3.05) is 12.4 Å². The van der Waals surface area contributed by atoms with E-state index >= 15 is 0 Å². The molecular weight excluding hydrogens is 262 g/mol. The lowest BCUT2D eigenvalue weighted by molar-refractivity contribution is -0.137. The van der Waals surface area contributed by atoms with Crippen LogP contribution in [0.5, 0.6) is 5.75 Å². The quantitative estimate of drug-likeness (QED) is 0.564. The first-order valence-corrected chi connectivity index (χ1v) is 6.27. The highest BCUT2D eigenvalue weighted by Gasteiger charge is 2.25. The Hall–Kier alpha value is -2.08. The smallest absolute Gasteiger partial charge is 0.302 e. The Morgan fingerprint density at radius 2 is 2.10 bits per heavy atom. The Morgan fingerprint density at radius 3 is 2.60 bits per heavy atom. The van der Waals surface area contributed by atoms with Gasteiger partial charge in [-0.15, -0.1) is 0 Å². The van der Waals surface area contributed by atoms with Crippen molar-refractivity contribution in [1.82, 2.24) is 0 Å². The van der Waals surface area contributed by atoms with Crippen molar-refractivity contribution in [3.63, 3.8) is 0 Å². The SMILES string of the molecule is CC[C@H](O)c1ccc(O)c2c1CC(=O)N2.COC(C)=O. The number of hydrogen-bond donors (Lipinski definition) is 3. The molecule has 20 heavy (non-hydrogen) atoms. The fraction of sp³-hybridized carbons (Fsp3) is 0.429. The number of rotatable bonds is 2. The lowest BCUT2D eigenvalue weighted by atomic mass is 9.98. The number of fused-ring (bicyclic) bond motifs is 1. The summed E-state index contributed by atoms with van der Waals surface area (Å²) < 4.78 is 4.11. The summed E-state index contributed by atoms with van der Waals surface area (Å²) in [6.07, 6.45) is 0.244. The number of ether oxygens (including phenoxy) is 1. The summed E-state index contributed by atoms with van der Waals surface area (Å²) in [5.41, 5.74) is 1.89. The van der Waals surface area contributed by atoms with E-state index in [1.807, 2.05) is 6.92 Å². The van der Waals surface area contributed by atoms with Crippen molar-refractivity contribution in [2.45, 2.75) is 32.8 Å². The molecule has 0 aromatic heterocycles. The van der Waals surface area contributed by atoms with Gasteiger partial charge in [-0.05, 0) is 23.6 Å². The fourth-order valence-electron chi connectivity index (χ4n) is 1.86. The number of aromatic hydroxyl groups is 1. The molecule has 0 spiro atoms. The minimum absolute atomic E-state index is 0.0582. The molecule has 3 N–H and O–H groups in total. The number of benzene rings is 1. The summed E-state index contributed by atoms with van der Waals surface area (Å²) in [5.74, 6) is -0.330. The monoisotopic (exact) mass is 281 g/mol. The second-order valence-corrected chi connectivity index (χ2v) is 4.37. The van der Waals surface area contributed by atoms with Crippen LogP contribution in [0.15, 0.2) is 12.1 Å². The highest BCUT2D eigenvalue weighted by Crippen LogP contribution is 2.37. The summed E-state index contributed by atoms with van der Waals surface area (Å²) in [6, 6.07) is 3.17. The number of hydrogen-bond acceptors (Lipinski definition) is 5. The van der Waals surface area contributed by atoms with Gasteiger partial charge < -0.3 is 20.3 Å². The maximum atomic E-state index is 11.2. The molecule has 2 rings (SSSR count). The van der Waals surface area contributed by atoms with Crippen LogP contribution in [0, 0.1) is 0 Å². The molecule has 0 unspecified atom stereocenters. The van der Waals surface area contributed by atoms with E-state index in [1.165, 1.54) is 20.1 Å². The molecule has 1 aliphatic heterocycles. The largest absolute Gasteiger partial charge is 0.506 e. The van der Waals surface area contributed by atoms with Gasteiger partial charge in [-0.25, -0.2) is 0 Å².